The smallest absolute Gasteiger partial charge is 0.310 e. The molecule has 1 aliphatic rings. The van der Waals surface area contributed by atoms with Gasteiger partial charge in [-0.15, -0.1) is 0 Å². The molecule has 18 heavy (non-hydrogen) atoms. The average molecular weight is 257 g/mol. The molecule has 1 saturated heterocycles. The zero-order valence-corrected chi connectivity index (χ0v) is 11.6. The molecule has 1 rings (SSSR count). The van der Waals surface area contributed by atoms with Crippen molar-refractivity contribution in [3.05, 3.63) is 0 Å². The van der Waals surface area contributed by atoms with Gasteiger partial charge in [-0.2, -0.15) is 0 Å². The van der Waals surface area contributed by atoms with Crippen LogP contribution in [0.1, 0.15) is 34.1 Å². The van der Waals surface area contributed by atoms with Crippen LogP contribution >= 0.6 is 0 Å². The number of carboxylic acid groups (broad SMARTS) is 1. The number of amides is 1. The Bertz CT molecular complexity index is 336. The Kier molecular flexibility index (Phi) is 4.37. The summed E-state index contributed by atoms with van der Waals surface area (Å²) < 4.78 is 5.10. The first kappa shape index (κ1) is 15.0. The van der Waals surface area contributed by atoms with Gasteiger partial charge in [0.25, 0.3) is 0 Å². The molecule has 2 N–H and O–H groups in total. The molecule has 0 bridgehead atoms. The maximum absolute atomic E-state index is 11.8. The first-order chi connectivity index (χ1) is 8.19. The molecular formula is C13H23NO4. The summed E-state index contributed by atoms with van der Waals surface area (Å²) in [7, 11) is 0. The Hall–Kier alpha value is -1.10. The quantitative estimate of drug-likeness (QED) is 0.751. The SMILES string of the molecule is CC(C)C(C)(CC(=O)NCC1(C)COC1)C(=O)O. The van der Waals surface area contributed by atoms with E-state index in [1.165, 1.54) is 0 Å². The Balaban J connectivity index is 2.49. The molecule has 5 nitrogen and oxygen atoms in total. The van der Waals surface area contributed by atoms with E-state index in [1.54, 1.807) is 6.92 Å². The Morgan fingerprint density at radius 3 is 2.33 bits per heavy atom. The summed E-state index contributed by atoms with van der Waals surface area (Å²) in [5, 5.41) is 12.0. The second-order valence-electron chi connectivity index (χ2n) is 6.13. The van der Waals surface area contributed by atoms with E-state index in [9.17, 15) is 14.7 Å². The molecule has 0 aromatic carbocycles. The lowest BCUT2D eigenvalue weighted by Crippen LogP contribution is -2.49. The molecule has 0 aliphatic carbocycles. The summed E-state index contributed by atoms with van der Waals surface area (Å²) in [6.07, 6.45) is 0.0109. The van der Waals surface area contributed by atoms with Crippen molar-refractivity contribution in [1.82, 2.24) is 5.32 Å². The second kappa shape index (κ2) is 5.26. The van der Waals surface area contributed by atoms with E-state index in [2.05, 4.69) is 5.32 Å². The van der Waals surface area contributed by atoms with Crippen LogP contribution in [0, 0.1) is 16.7 Å². The van der Waals surface area contributed by atoms with E-state index in [0.717, 1.165) is 0 Å². The molecule has 0 aromatic heterocycles. The van der Waals surface area contributed by atoms with Gasteiger partial charge in [-0.3, -0.25) is 9.59 Å². The second-order valence-corrected chi connectivity index (χ2v) is 6.13. The van der Waals surface area contributed by atoms with Gasteiger partial charge in [0, 0.05) is 18.4 Å². The number of hydrogen-bond donors (Lipinski definition) is 2. The molecule has 0 spiro atoms. The fraction of sp³-hybridized carbons (Fsp3) is 0.846. The van der Waals surface area contributed by atoms with Crippen molar-refractivity contribution in [2.75, 3.05) is 19.8 Å². The first-order valence-electron chi connectivity index (χ1n) is 6.27. The van der Waals surface area contributed by atoms with Crippen molar-refractivity contribution in [3.63, 3.8) is 0 Å². The number of carbonyl (C=O) groups is 2. The Morgan fingerprint density at radius 2 is 2.00 bits per heavy atom. The first-order valence-corrected chi connectivity index (χ1v) is 6.27. The van der Waals surface area contributed by atoms with E-state index < -0.39 is 11.4 Å². The van der Waals surface area contributed by atoms with Crippen molar-refractivity contribution in [2.24, 2.45) is 16.7 Å². The normalized spacial score (nSPS) is 20.9. The van der Waals surface area contributed by atoms with Crippen LogP contribution in [0.15, 0.2) is 0 Å². The van der Waals surface area contributed by atoms with Gasteiger partial charge in [-0.05, 0) is 12.8 Å². The zero-order chi connectivity index (χ0) is 14.0. The van der Waals surface area contributed by atoms with Crippen LogP contribution in [0.2, 0.25) is 0 Å². The molecule has 1 amide bonds. The van der Waals surface area contributed by atoms with Crippen LogP contribution in [0.4, 0.5) is 0 Å². The summed E-state index contributed by atoms with van der Waals surface area (Å²) in [6, 6.07) is 0. The maximum atomic E-state index is 11.8. The summed E-state index contributed by atoms with van der Waals surface area (Å²) >= 11 is 0. The van der Waals surface area contributed by atoms with Crippen molar-refractivity contribution in [1.29, 1.82) is 0 Å². The molecule has 0 radical (unpaired) electrons. The summed E-state index contributed by atoms with van der Waals surface area (Å²) in [5.41, 5.74) is -1.01. The van der Waals surface area contributed by atoms with Crippen LogP contribution in [0.25, 0.3) is 0 Å². The molecule has 1 heterocycles. The largest absolute Gasteiger partial charge is 0.481 e. The van der Waals surface area contributed by atoms with E-state index in [0.29, 0.717) is 19.8 Å². The van der Waals surface area contributed by atoms with Crippen molar-refractivity contribution < 1.29 is 19.4 Å². The van der Waals surface area contributed by atoms with Crippen LogP contribution in [0.3, 0.4) is 0 Å². The highest BCUT2D eigenvalue weighted by molar-refractivity contribution is 5.84. The fourth-order valence-corrected chi connectivity index (χ4v) is 1.79. The van der Waals surface area contributed by atoms with Gasteiger partial charge in [0.05, 0.1) is 18.6 Å². The monoisotopic (exact) mass is 257 g/mol. The standard InChI is InChI=1S/C13H23NO4/c1-9(2)13(4,11(16)17)5-10(15)14-6-12(3)7-18-8-12/h9H,5-8H2,1-4H3,(H,14,15)(H,16,17). The van der Waals surface area contributed by atoms with Crippen molar-refractivity contribution in [3.8, 4) is 0 Å². The highest BCUT2D eigenvalue weighted by Gasteiger charge is 2.39. The lowest BCUT2D eigenvalue weighted by Gasteiger charge is -2.38. The lowest BCUT2D eigenvalue weighted by molar-refractivity contribution is -0.154. The highest BCUT2D eigenvalue weighted by atomic mass is 16.5. The minimum atomic E-state index is -1.01. The molecule has 104 valence electrons. The predicted octanol–water partition coefficient (Wildman–Crippen LogP) is 1.28. The molecule has 1 unspecified atom stereocenters. The predicted molar refractivity (Wildman–Crippen MR) is 67.1 cm³/mol. The van der Waals surface area contributed by atoms with Gasteiger partial charge in [0.1, 0.15) is 0 Å². The van der Waals surface area contributed by atoms with E-state index >= 15 is 0 Å². The van der Waals surface area contributed by atoms with Crippen molar-refractivity contribution in [2.45, 2.75) is 34.1 Å². The van der Waals surface area contributed by atoms with Crippen LogP contribution in [-0.2, 0) is 14.3 Å². The number of carbonyl (C=O) groups excluding carboxylic acids is 1. The van der Waals surface area contributed by atoms with Gasteiger partial charge in [0.15, 0.2) is 0 Å². The summed E-state index contributed by atoms with van der Waals surface area (Å²) in [5.74, 6) is -1.23. The molecule has 1 fully saturated rings. The highest BCUT2D eigenvalue weighted by Crippen LogP contribution is 2.31. The molecule has 5 heteroatoms. The number of nitrogens with one attached hydrogen (secondary N) is 1. The van der Waals surface area contributed by atoms with Gasteiger partial charge in [-0.25, -0.2) is 0 Å². The fourth-order valence-electron chi connectivity index (χ4n) is 1.79. The van der Waals surface area contributed by atoms with E-state index in [-0.39, 0.29) is 23.7 Å². The van der Waals surface area contributed by atoms with Gasteiger partial charge in [0.2, 0.25) is 5.91 Å². The van der Waals surface area contributed by atoms with Crippen LogP contribution in [0.5, 0.6) is 0 Å². The number of ether oxygens (including phenoxy) is 1. The molecule has 0 saturated carbocycles. The third-order valence-electron chi connectivity index (χ3n) is 3.90. The third kappa shape index (κ3) is 3.22. The topological polar surface area (TPSA) is 75.6 Å². The maximum Gasteiger partial charge on any atom is 0.310 e. The average Bonchev–Trinajstić information content (AvgIpc) is 2.23. The molecule has 0 aromatic rings. The van der Waals surface area contributed by atoms with Gasteiger partial charge in [-0.1, -0.05) is 20.8 Å². The van der Waals surface area contributed by atoms with Crippen molar-refractivity contribution >= 4 is 11.9 Å². The summed E-state index contributed by atoms with van der Waals surface area (Å²) in [6.45, 7) is 9.13. The van der Waals surface area contributed by atoms with E-state index in [4.69, 9.17) is 4.74 Å². The minimum absolute atomic E-state index is 0.00706. The lowest BCUT2D eigenvalue weighted by atomic mass is 9.76. The molecular weight excluding hydrogens is 234 g/mol. The third-order valence-corrected chi connectivity index (χ3v) is 3.90. The van der Waals surface area contributed by atoms with Crippen LogP contribution < -0.4 is 5.32 Å². The minimum Gasteiger partial charge on any atom is -0.481 e. The molecule has 1 aliphatic heterocycles. The number of carboxylic acids is 1. The number of rotatable bonds is 6. The van der Waals surface area contributed by atoms with Gasteiger partial charge >= 0.3 is 5.97 Å². The number of aliphatic carboxylic acids is 1. The van der Waals surface area contributed by atoms with Crippen LogP contribution in [-0.4, -0.2) is 36.7 Å². The van der Waals surface area contributed by atoms with Gasteiger partial charge < -0.3 is 15.2 Å². The summed E-state index contributed by atoms with van der Waals surface area (Å²) in [4.78, 5) is 23.1. The Morgan fingerprint density at radius 1 is 1.44 bits per heavy atom. The Labute approximate surface area is 108 Å². The molecule has 1 atom stereocenters. The van der Waals surface area contributed by atoms with E-state index in [1.807, 2.05) is 20.8 Å². The number of hydrogen-bond acceptors (Lipinski definition) is 3. The zero-order valence-electron chi connectivity index (χ0n) is 11.6.